The van der Waals surface area contributed by atoms with Crippen LogP contribution in [0.3, 0.4) is 0 Å². The van der Waals surface area contributed by atoms with Crippen molar-refractivity contribution in [2.24, 2.45) is 11.1 Å². The maximum atomic E-state index is 13.4. The summed E-state index contributed by atoms with van der Waals surface area (Å²) in [5, 5.41) is 16.7. The van der Waals surface area contributed by atoms with Crippen LogP contribution in [0.25, 0.3) is 22.2 Å². The molecular weight excluding hydrogens is 460 g/mol. The predicted molar refractivity (Wildman–Crippen MR) is 136 cm³/mol. The van der Waals surface area contributed by atoms with Crippen molar-refractivity contribution >= 4 is 26.8 Å². The number of hydrogen-bond acceptors (Lipinski definition) is 4. The molecule has 4 aromatic rings. The van der Waals surface area contributed by atoms with Crippen LogP contribution < -0.4 is 10.5 Å². The van der Waals surface area contributed by atoms with Crippen LogP contribution in [0.2, 0.25) is 0 Å². The Kier molecular flexibility index (Phi) is 6.40. The zero-order valence-electron chi connectivity index (χ0n) is 19.3. The molecule has 0 saturated heterocycles. The van der Waals surface area contributed by atoms with Crippen LogP contribution >= 0.6 is 0 Å². The van der Waals surface area contributed by atoms with Gasteiger partial charge < -0.3 is 5.32 Å². The van der Waals surface area contributed by atoms with Crippen LogP contribution in [-0.4, -0.2) is 24.5 Å². The summed E-state index contributed by atoms with van der Waals surface area (Å²) >= 11 is 0. The number of nitrogens with two attached hydrogens (primary N) is 1. The second-order valence-electron chi connectivity index (χ2n) is 9.17. The summed E-state index contributed by atoms with van der Waals surface area (Å²) < 4.78 is 23.6. The number of rotatable bonds is 6. The molecule has 4 N–H and O–H groups in total. The zero-order chi connectivity index (χ0) is 24.4. The molecular formula is C27H28N4O3S. The summed E-state index contributed by atoms with van der Waals surface area (Å²) in [4.78, 5) is 13.4. The number of aromatic nitrogens is 2. The third kappa shape index (κ3) is 4.99. The Hall–Kier alpha value is -3.49. The SMILES string of the molecule is NS(=O)(=O)c1cccc(-c2n[nH]c3ccc(C(=O)NC(c4ccccc4)C4CCCCC4)cc23)c1. The molecule has 180 valence electrons. The number of nitrogens with one attached hydrogen (secondary N) is 2. The van der Waals surface area contributed by atoms with Gasteiger partial charge >= 0.3 is 0 Å². The van der Waals surface area contributed by atoms with Crippen LogP contribution in [0, 0.1) is 5.92 Å². The molecule has 0 bridgehead atoms. The lowest BCUT2D eigenvalue weighted by Crippen LogP contribution is -2.34. The number of amides is 1. The highest BCUT2D eigenvalue weighted by atomic mass is 32.2. The zero-order valence-corrected chi connectivity index (χ0v) is 20.1. The molecule has 0 spiro atoms. The fourth-order valence-electron chi connectivity index (χ4n) is 5.02. The Morgan fingerprint density at radius 1 is 0.971 bits per heavy atom. The van der Waals surface area contributed by atoms with Crippen molar-refractivity contribution in [3.8, 4) is 11.3 Å². The Labute approximate surface area is 204 Å². The lowest BCUT2D eigenvalue weighted by Gasteiger charge is -2.31. The van der Waals surface area contributed by atoms with E-state index in [1.165, 1.54) is 31.4 Å². The molecule has 1 unspecified atom stereocenters. The number of carbonyl (C=O) groups excluding carboxylic acids is 1. The molecule has 1 atom stereocenters. The number of H-pyrrole nitrogens is 1. The fraction of sp³-hybridized carbons (Fsp3) is 0.259. The van der Waals surface area contributed by atoms with Gasteiger partial charge in [0.05, 0.1) is 22.1 Å². The highest BCUT2D eigenvalue weighted by Gasteiger charge is 2.27. The van der Waals surface area contributed by atoms with Gasteiger partial charge in [-0.15, -0.1) is 0 Å². The molecule has 1 fully saturated rings. The van der Waals surface area contributed by atoms with Crippen molar-refractivity contribution < 1.29 is 13.2 Å². The summed E-state index contributed by atoms with van der Waals surface area (Å²) in [6.45, 7) is 0. The Morgan fingerprint density at radius 3 is 2.49 bits per heavy atom. The standard InChI is InChI=1S/C27H28N4O3S/c28-35(33,34)22-13-7-12-20(16-22)26-23-17-21(14-15-24(23)30-31-26)27(32)29-25(18-8-3-1-4-9-18)19-10-5-2-6-11-19/h1,3-4,7-9,12-17,19,25H,2,5-6,10-11H2,(H,29,32)(H,30,31)(H2,28,33,34). The molecule has 3 aromatic carbocycles. The summed E-state index contributed by atoms with van der Waals surface area (Å²) in [7, 11) is -3.84. The van der Waals surface area contributed by atoms with Crippen molar-refractivity contribution in [2.75, 3.05) is 0 Å². The number of aromatic amines is 1. The van der Waals surface area contributed by atoms with Gasteiger partial charge in [0, 0.05) is 16.5 Å². The van der Waals surface area contributed by atoms with Crippen LogP contribution in [0.5, 0.6) is 0 Å². The highest BCUT2D eigenvalue weighted by molar-refractivity contribution is 7.89. The first-order valence-corrected chi connectivity index (χ1v) is 13.4. The molecule has 1 amide bonds. The topological polar surface area (TPSA) is 118 Å². The minimum atomic E-state index is -3.84. The van der Waals surface area contributed by atoms with Crippen LogP contribution in [-0.2, 0) is 10.0 Å². The molecule has 1 aliphatic rings. The molecule has 5 rings (SSSR count). The van der Waals surface area contributed by atoms with E-state index in [9.17, 15) is 13.2 Å². The van der Waals surface area contributed by atoms with Crippen LogP contribution in [0.15, 0.2) is 77.7 Å². The molecule has 0 radical (unpaired) electrons. The van der Waals surface area contributed by atoms with Gasteiger partial charge in [0.25, 0.3) is 5.91 Å². The Balaban J connectivity index is 1.47. The molecule has 8 heteroatoms. The van der Waals surface area contributed by atoms with Crippen LogP contribution in [0.4, 0.5) is 0 Å². The van der Waals surface area contributed by atoms with E-state index in [0.29, 0.717) is 22.7 Å². The van der Waals surface area contributed by atoms with Gasteiger partial charge in [-0.2, -0.15) is 5.10 Å². The molecule has 1 aromatic heterocycles. The largest absolute Gasteiger partial charge is 0.345 e. The molecule has 1 aliphatic carbocycles. The summed E-state index contributed by atoms with van der Waals surface area (Å²) in [5.41, 5.74) is 3.57. The fourth-order valence-corrected chi connectivity index (χ4v) is 5.58. The first-order chi connectivity index (χ1) is 16.9. The van der Waals surface area contributed by atoms with Crippen molar-refractivity contribution in [3.63, 3.8) is 0 Å². The van der Waals surface area contributed by atoms with Crippen molar-refractivity contribution in [1.82, 2.24) is 15.5 Å². The lowest BCUT2D eigenvalue weighted by atomic mass is 9.81. The normalized spacial score (nSPS) is 15.7. The van der Waals surface area contributed by atoms with Gasteiger partial charge in [0.1, 0.15) is 0 Å². The van der Waals surface area contributed by atoms with Gasteiger partial charge in [-0.05, 0) is 54.7 Å². The first-order valence-electron chi connectivity index (χ1n) is 11.9. The van der Waals surface area contributed by atoms with E-state index in [-0.39, 0.29) is 16.8 Å². The van der Waals surface area contributed by atoms with E-state index in [4.69, 9.17) is 5.14 Å². The van der Waals surface area contributed by atoms with Gasteiger partial charge in [-0.25, -0.2) is 13.6 Å². The number of carbonyl (C=O) groups is 1. The minimum Gasteiger partial charge on any atom is -0.345 e. The maximum absolute atomic E-state index is 13.4. The highest BCUT2D eigenvalue weighted by Crippen LogP contribution is 2.35. The number of fused-ring (bicyclic) bond motifs is 1. The monoisotopic (exact) mass is 488 g/mol. The quantitative estimate of drug-likeness (QED) is 0.357. The second-order valence-corrected chi connectivity index (χ2v) is 10.7. The molecule has 35 heavy (non-hydrogen) atoms. The van der Waals surface area contributed by atoms with Crippen molar-refractivity contribution in [3.05, 3.63) is 83.9 Å². The summed E-state index contributed by atoms with van der Waals surface area (Å²) in [6, 6.07) is 21.9. The van der Waals surface area contributed by atoms with Crippen molar-refractivity contribution in [1.29, 1.82) is 0 Å². The van der Waals surface area contributed by atoms with Gasteiger partial charge in [-0.1, -0.05) is 61.7 Å². The smallest absolute Gasteiger partial charge is 0.251 e. The molecule has 7 nitrogen and oxygen atoms in total. The first kappa shape index (κ1) is 23.3. The number of sulfonamides is 1. The number of hydrogen-bond donors (Lipinski definition) is 3. The summed E-state index contributed by atoms with van der Waals surface area (Å²) in [6.07, 6.45) is 5.83. The predicted octanol–water partition coefficient (Wildman–Crippen LogP) is 4.93. The third-order valence-corrected chi connectivity index (χ3v) is 7.74. The minimum absolute atomic E-state index is 0.0123. The molecule has 1 heterocycles. The lowest BCUT2D eigenvalue weighted by molar-refractivity contribution is 0.0912. The number of benzene rings is 3. The number of nitrogens with zero attached hydrogens (tertiary/aromatic N) is 1. The Bertz CT molecular complexity index is 1460. The van der Waals surface area contributed by atoms with Gasteiger partial charge in [-0.3, -0.25) is 9.89 Å². The van der Waals surface area contributed by atoms with Gasteiger partial charge in [0.2, 0.25) is 10.0 Å². The van der Waals surface area contributed by atoms with E-state index in [0.717, 1.165) is 29.3 Å². The Morgan fingerprint density at radius 2 is 1.74 bits per heavy atom. The van der Waals surface area contributed by atoms with E-state index < -0.39 is 10.0 Å². The van der Waals surface area contributed by atoms with E-state index in [1.54, 1.807) is 24.3 Å². The second kappa shape index (κ2) is 9.64. The maximum Gasteiger partial charge on any atom is 0.251 e. The van der Waals surface area contributed by atoms with Crippen molar-refractivity contribution in [2.45, 2.75) is 43.0 Å². The van der Waals surface area contributed by atoms with E-state index >= 15 is 0 Å². The molecule has 0 aliphatic heterocycles. The number of primary sulfonamides is 1. The average Bonchev–Trinajstić information content (AvgIpc) is 3.31. The average molecular weight is 489 g/mol. The summed E-state index contributed by atoms with van der Waals surface area (Å²) in [5.74, 6) is 0.265. The van der Waals surface area contributed by atoms with E-state index in [1.807, 2.05) is 24.3 Å². The van der Waals surface area contributed by atoms with E-state index in [2.05, 4.69) is 27.6 Å². The van der Waals surface area contributed by atoms with Gasteiger partial charge in [0.15, 0.2) is 0 Å². The molecule has 1 saturated carbocycles. The third-order valence-electron chi connectivity index (χ3n) is 6.83. The van der Waals surface area contributed by atoms with Crippen LogP contribution in [0.1, 0.15) is 54.1 Å².